The molecule has 17 heavy (non-hydrogen) atoms. The van der Waals surface area contributed by atoms with E-state index in [-0.39, 0.29) is 0 Å². The highest BCUT2D eigenvalue weighted by atomic mass is 15.2. The van der Waals surface area contributed by atoms with E-state index in [1.807, 2.05) is 18.2 Å². The molecule has 1 aliphatic carbocycles. The number of nitrogens with one attached hydrogen (secondary N) is 2. The zero-order valence-electron chi connectivity index (χ0n) is 10.6. The van der Waals surface area contributed by atoms with E-state index in [4.69, 9.17) is 0 Å². The molecule has 2 unspecified atom stereocenters. The average Bonchev–Trinajstić information content (AvgIpc) is 3.04. The van der Waals surface area contributed by atoms with Gasteiger partial charge in [0.2, 0.25) is 0 Å². The molecule has 0 aromatic heterocycles. The Morgan fingerprint density at radius 3 is 2.65 bits per heavy atom. The molecule has 1 fully saturated rings. The molecule has 0 amide bonds. The van der Waals surface area contributed by atoms with Gasteiger partial charge in [0, 0.05) is 12.6 Å². The predicted molar refractivity (Wildman–Crippen MR) is 72.0 cm³/mol. The summed E-state index contributed by atoms with van der Waals surface area (Å²) in [4.78, 5) is 4.59. The van der Waals surface area contributed by atoms with E-state index in [0.717, 1.165) is 25.0 Å². The standard InChI is InChI=1S/C14H21N3/c1-3-15-14(17-13-9-11(13)2)16-10-12-7-5-4-6-8-12/h4-8,11,13H,3,9-10H2,1-2H3,(H2,15,16,17). The lowest BCUT2D eigenvalue weighted by Crippen LogP contribution is -2.39. The molecule has 0 spiro atoms. The van der Waals surface area contributed by atoms with Crippen LogP contribution in [0.3, 0.4) is 0 Å². The molecule has 1 aromatic rings. The van der Waals surface area contributed by atoms with Crippen molar-refractivity contribution >= 4 is 5.96 Å². The van der Waals surface area contributed by atoms with Gasteiger partial charge in [-0.1, -0.05) is 37.3 Å². The van der Waals surface area contributed by atoms with Gasteiger partial charge < -0.3 is 10.6 Å². The zero-order valence-corrected chi connectivity index (χ0v) is 10.6. The molecule has 1 aromatic carbocycles. The smallest absolute Gasteiger partial charge is 0.191 e. The fourth-order valence-corrected chi connectivity index (χ4v) is 1.77. The van der Waals surface area contributed by atoms with Crippen molar-refractivity contribution in [2.75, 3.05) is 6.54 Å². The van der Waals surface area contributed by atoms with E-state index in [9.17, 15) is 0 Å². The van der Waals surface area contributed by atoms with Crippen molar-refractivity contribution in [3.8, 4) is 0 Å². The minimum Gasteiger partial charge on any atom is -0.357 e. The lowest BCUT2D eigenvalue weighted by Gasteiger charge is -2.10. The largest absolute Gasteiger partial charge is 0.357 e. The van der Waals surface area contributed by atoms with Crippen molar-refractivity contribution in [2.24, 2.45) is 10.9 Å². The van der Waals surface area contributed by atoms with Crippen LogP contribution in [0.4, 0.5) is 0 Å². The minimum absolute atomic E-state index is 0.614. The summed E-state index contributed by atoms with van der Waals surface area (Å²) in [6.07, 6.45) is 1.26. The number of nitrogens with zero attached hydrogens (tertiary/aromatic N) is 1. The maximum atomic E-state index is 4.59. The molecule has 1 saturated carbocycles. The van der Waals surface area contributed by atoms with Crippen molar-refractivity contribution in [2.45, 2.75) is 32.9 Å². The highest BCUT2D eigenvalue weighted by Crippen LogP contribution is 2.28. The van der Waals surface area contributed by atoms with Gasteiger partial charge in [-0.25, -0.2) is 4.99 Å². The molecule has 1 aliphatic rings. The van der Waals surface area contributed by atoms with Crippen LogP contribution in [0.5, 0.6) is 0 Å². The number of benzene rings is 1. The van der Waals surface area contributed by atoms with Crippen molar-refractivity contribution in [1.82, 2.24) is 10.6 Å². The van der Waals surface area contributed by atoms with Crippen LogP contribution >= 0.6 is 0 Å². The highest BCUT2D eigenvalue weighted by Gasteiger charge is 2.33. The maximum absolute atomic E-state index is 4.59. The van der Waals surface area contributed by atoms with Gasteiger partial charge in [-0.3, -0.25) is 0 Å². The van der Waals surface area contributed by atoms with E-state index >= 15 is 0 Å². The Morgan fingerprint density at radius 1 is 1.35 bits per heavy atom. The number of guanidine groups is 1. The second kappa shape index (κ2) is 5.71. The Labute approximate surface area is 103 Å². The maximum Gasteiger partial charge on any atom is 0.191 e. The van der Waals surface area contributed by atoms with E-state index in [1.54, 1.807) is 0 Å². The molecule has 0 aliphatic heterocycles. The molecule has 0 heterocycles. The second-order valence-corrected chi connectivity index (χ2v) is 4.64. The molecule has 0 saturated heterocycles. The number of rotatable bonds is 4. The van der Waals surface area contributed by atoms with Gasteiger partial charge in [-0.2, -0.15) is 0 Å². The topological polar surface area (TPSA) is 36.4 Å². The lowest BCUT2D eigenvalue weighted by molar-refractivity contribution is 0.766. The summed E-state index contributed by atoms with van der Waals surface area (Å²) in [5.41, 5.74) is 1.24. The first kappa shape index (κ1) is 12.0. The number of hydrogen-bond donors (Lipinski definition) is 2. The van der Waals surface area contributed by atoms with Crippen molar-refractivity contribution in [3.05, 3.63) is 35.9 Å². The monoisotopic (exact) mass is 231 g/mol. The molecular weight excluding hydrogens is 210 g/mol. The first-order valence-electron chi connectivity index (χ1n) is 6.38. The quantitative estimate of drug-likeness (QED) is 0.615. The van der Waals surface area contributed by atoms with Crippen molar-refractivity contribution < 1.29 is 0 Å². The van der Waals surface area contributed by atoms with Gasteiger partial charge >= 0.3 is 0 Å². The summed E-state index contributed by atoms with van der Waals surface area (Å²) < 4.78 is 0. The first-order chi connectivity index (χ1) is 8.29. The summed E-state index contributed by atoms with van der Waals surface area (Å²) in [6, 6.07) is 11.0. The summed E-state index contributed by atoms with van der Waals surface area (Å²) in [5.74, 6) is 1.72. The third-order valence-electron chi connectivity index (χ3n) is 3.04. The van der Waals surface area contributed by atoms with Crippen LogP contribution in [0.2, 0.25) is 0 Å². The van der Waals surface area contributed by atoms with Gasteiger partial charge in [0.15, 0.2) is 5.96 Å². The van der Waals surface area contributed by atoms with Gasteiger partial charge in [0.1, 0.15) is 0 Å². The van der Waals surface area contributed by atoms with Crippen LogP contribution in [-0.4, -0.2) is 18.5 Å². The summed E-state index contributed by atoms with van der Waals surface area (Å²) in [5, 5.41) is 6.73. The van der Waals surface area contributed by atoms with E-state index in [1.165, 1.54) is 12.0 Å². The second-order valence-electron chi connectivity index (χ2n) is 4.64. The molecular formula is C14H21N3. The number of hydrogen-bond acceptors (Lipinski definition) is 1. The zero-order chi connectivity index (χ0) is 12.1. The Bertz CT molecular complexity index is 372. The average molecular weight is 231 g/mol. The lowest BCUT2D eigenvalue weighted by atomic mass is 10.2. The van der Waals surface area contributed by atoms with Crippen LogP contribution in [0.25, 0.3) is 0 Å². The SMILES string of the molecule is CCNC(=NCc1ccccc1)NC1CC1C. The van der Waals surface area contributed by atoms with Crippen LogP contribution in [0.1, 0.15) is 25.8 Å². The van der Waals surface area contributed by atoms with Crippen molar-refractivity contribution in [3.63, 3.8) is 0 Å². The Hall–Kier alpha value is -1.51. The van der Waals surface area contributed by atoms with Crippen molar-refractivity contribution in [1.29, 1.82) is 0 Å². The molecule has 3 nitrogen and oxygen atoms in total. The fourth-order valence-electron chi connectivity index (χ4n) is 1.77. The van der Waals surface area contributed by atoms with Gasteiger partial charge in [-0.05, 0) is 24.8 Å². The Balaban J connectivity index is 1.90. The summed E-state index contributed by atoms with van der Waals surface area (Å²) >= 11 is 0. The van der Waals surface area contributed by atoms with Crippen LogP contribution in [-0.2, 0) is 6.54 Å². The fraction of sp³-hybridized carbons (Fsp3) is 0.500. The molecule has 92 valence electrons. The Morgan fingerprint density at radius 2 is 2.06 bits per heavy atom. The summed E-state index contributed by atoms with van der Waals surface area (Å²) in [6.45, 7) is 5.99. The number of aliphatic imine (C=N–C) groups is 1. The van der Waals surface area contributed by atoms with Gasteiger partial charge in [0.25, 0.3) is 0 Å². The summed E-state index contributed by atoms with van der Waals surface area (Å²) in [7, 11) is 0. The minimum atomic E-state index is 0.614. The van der Waals surface area contributed by atoms with E-state index in [0.29, 0.717) is 6.04 Å². The Kier molecular flexibility index (Phi) is 4.02. The molecule has 0 bridgehead atoms. The third-order valence-corrected chi connectivity index (χ3v) is 3.04. The molecule has 2 atom stereocenters. The van der Waals surface area contributed by atoms with Crippen LogP contribution in [0.15, 0.2) is 35.3 Å². The van der Waals surface area contributed by atoms with Gasteiger partial charge in [-0.15, -0.1) is 0 Å². The predicted octanol–water partition coefficient (Wildman–Crippen LogP) is 2.15. The van der Waals surface area contributed by atoms with E-state index < -0.39 is 0 Å². The first-order valence-corrected chi connectivity index (χ1v) is 6.38. The molecule has 3 heteroatoms. The normalized spacial score (nSPS) is 23.3. The highest BCUT2D eigenvalue weighted by molar-refractivity contribution is 5.80. The molecule has 2 rings (SSSR count). The van der Waals surface area contributed by atoms with Gasteiger partial charge in [0.05, 0.1) is 6.54 Å². The molecule has 0 radical (unpaired) electrons. The van der Waals surface area contributed by atoms with Crippen LogP contribution in [0, 0.1) is 5.92 Å². The third kappa shape index (κ3) is 3.77. The van der Waals surface area contributed by atoms with E-state index in [2.05, 4.69) is 41.6 Å². The molecule has 2 N–H and O–H groups in total. The van der Waals surface area contributed by atoms with Crippen LogP contribution < -0.4 is 10.6 Å².